The van der Waals surface area contributed by atoms with E-state index in [4.69, 9.17) is 0 Å². The average molecular weight is 429 g/mol. The van der Waals surface area contributed by atoms with Gasteiger partial charge in [0.25, 0.3) is 0 Å². The van der Waals surface area contributed by atoms with Crippen LogP contribution in [0, 0.1) is 29.1 Å². The van der Waals surface area contributed by atoms with Crippen LogP contribution in [0.5, 0.6) is 0 Å². The second-order valence-electron chi connectivity index (χ2n) is 11.4. The summed E-state index contributed by atoms with van der Waals surface area (Å²) in [5.41, 5.74) is 2.87. The van der Waals surface area contributed by atoms with E-state index in [-0.39, 0.29) is 5.92 Å². The molecule has 0 aromatic carbocycles. The fourth-order valence-corrected chi connectivity index (χ4v) is 6.28. The Kier molecular flexibility index (Phi) is 7.40. The maximum Gasteiger partial charge on any atom is 0.0809 e. The van der Waals surface area contributed by atoms with Crippen LogP contribution in [0.2, 0.25) is 0 Å². The molecule has 174 valence electrons. The molecular formula is C28H44O3. The van der Waals surface area contributed by atoms with Crippen LogP contribution in [0.1, 0.15) is 79.6 Å². The van der Waals surface area contributed by atoms with E-state index in [2.05, 4.69) is 51.7 Å². The number of rotatable bonds is 5. The summed E-state index contributed by atoms with van der Waals surface area (Å²) in [7, 11) is 0. The van der Waals surface area contributed by atoms with Crippen LogP contribution < -0.4 is 0 Å². The zero-order valence-electron chi connectivity index (χ0n) is 20.3. The van der Waals surface area contributed by atoms with Crippen LogP contribution in [0.3, 0.4) is 0 Å². The molecule has 3 aliphatic carbocycles. The first-order valence-electron chi connectivity index (χ1n) is 12.3. The van der Waals surface area contributed by atoms with Crippen molar-refractivity contribution in [1.82, 2.24) is 0 Å². The molecule has 0 radical (unpaired) electrons. The van der Waals surface area contributed by atoms with Crippen molar-refractivity contribution >= 4 is 0 Å². The third-order valence-corrected chi connectivity index (χ3v) is 8.79. The van der Waals surface area contributed by atoms with E-state index in [1.54, 1.807) is 5.57 Å². The van der Waals surface area contributed by atoms with Crippen molar-refractivity contribution in [2.75, 3.05) is 0 Å². The fraction of sp³-hybridized carbons (Fsp3) is 0.714. The van der Waals surface area contributed by atoms with Gasteiger partial charge in [0.1, 0.15) is 0 Å². The Bertz CT molecular complexity index is 737. The van der Waals surface area contributed by atoms with Gasteiger partial charge in [-0.05, 0) is 87.5 Å². The number of hydrogen-bond donors (Lipinski definition) is 3. The van der Waals surface area contributed by atoms with Crippen LogP contribution in [0.4, 0.5) is 0 Å². The number of allylic oxidation sites excluding steroid dienone is 4. The van der Waals surface area contributed by atoms with Crippen LogP contribution in [0.25, 0.3) is 0 Å². The molecule has 3 aliphatic rings. The van der Waals surface area contributed by atoms with Crippen molar-refractivity contribution in [3.63, 3.8) is 0 Å². The van der Waals surface area contributed by atoms with Gasteiger partial charge in [0, 0.05) is 5.92 Å². The van der Waals surface area contributed by atoms with Gasteiger partial charge in [0.05, 0.1) is 17.8 Å². The number of aliphatic hydroxyl groups excluding tert-OH is 2. The smallest absolute Gasteiger partial charge is 0.0809 e. The predicted octanol–water partition coefficient (Wildman–Crippen LogP) is 5.73. The molecule has 3 saturated carbocycles. The summed E-state index contributed by atoms with van der Waals surface area (Å²) >= 11 is 0. The van der Waals surface area contributed by atoms with E-state index in [9.17, 15) is 15.3 Å². The summed E-state index contributed by atoms with van der Waals surface area (Å²) in [5, 5.41) is 30.5. The van der Waals surface area contributed by atoms with Crippen molar-refractivity contribution in [1.29, 1.82) is 0 Å². The number of fused-ring (bicyclic) bond motifs is 1. The Hall–Kier alpha value is -1.16. The van der Waals surface area contributed by atoms with Gasteiger partial charge in [-0.2, -0.15) is 0 Å². The molecule has 3 N–H and O–H groups in total. The molecule has 0 spiro atoms. The summed E-state index contributed by atoms with van der Waals surface area (Å²) in [4.78, 5) is 0. The van der Waals surface area contributed by atoms with E-state index in [0.717, 1.165) is 12.0 Å². The molecule has 3 heteroatoms. The van der Waals surface area contributed by atoms with E-state index in [1.165, 1.54) is 25.7 Å². The molecule has 3 rings (SSSR count). The molecule has 0 saturated heterocycles. The maximum atomic E-state index is 10.3. The minimum atomic E-state index is -0.681. The first kappa shape index (κ1) is 24.5. The Morgan fingerprint density at radius 1 is 1.06 bits per heavy atom. The Balaban J connectivity index is 1.73. The maximum absolute atomic E-state index is 10.3. The van der Waals surface area contributed by atoms with E-state index in [0.29, 0.717) is 41.6 Å². The SMILES string of the molecule is C=C1[C@H](O)CC(=C/C=C2\CCC[C@@]3(C)C2CCC3[C@H](C)/C=C/[C@H](C)C(C)(C)O)C[C@H]1O. The van der Waals surface area contributed by atoms with Crippen molar-refractivity contribution in [2.45, 2.75) is 97.4 Å². The summed E-state index contributed by atoms with van der Waals surface area (Å²) in [5.74, 6) is 1.94. The topological polar surface area (TPSA) is 60.7 Å². The molecule has 31 heavy (non-hydrogen) atoms. The molecule has 0 amide bonds. The standard InChI is InChI=1S/C28H44O3/c1-18(9-10-19(2)27(4,5)31)23-13-14-24-22(8-7-15-28(23,24)6)12-11-21-16-25(29)20(3)26(30)17-21/h9-12,18-19,23-26,29-31H,3,7-8,13-17H2,1-2,4-6H3/b10-9+,22-12+/t18-,19+,23?,24?,25-,26-,28-/m1/s1. The molecule has 3 nitrogen and oxygen atoms in total. The average Bonchev–Trinajstić information content (AvgIpc) is 3.05. The lowest BCUT2D eigenvalue weighted by Gasteiger charge is -2.44. The fourth-order valence-electron chi connectivity index (χ4n) is 6.28. The molecule has 0 aliphatic heterocycles. The second-order valence-corrected chi connectivity index (χ2v) is 11.4. The molecule has 0 aromatic rings. The van der Waals surface area contributed by atoms with Crippen molar-refractivity contribution in [2.24, 2.45) is 29.1 Å². The first-order chi connectivity index (χ1) is 14.4. The number of hydrogen-bond acceptors (Lipinski definition) is 3. The summed E-state index contributed by atoms with van der Waals surface area (Å²) in [6, 6.07) is 0. The predicted molar refractivity (Wildman–Crippen MR) is 128 cm³/mol. The molecule has 0 bridgehead atoms. The van der Waals surface area contributed by atoms with E-state index in [1.807, 2.05) is 13.8 Å². The van der Waals surface area contributed by atoms with E-state index < -0.39 is 17.8 Å². The third-order valence-electron chi connectivity index (χ3n) is 8.79. The number of aliphatic hydroxyl groups is 3. The normalized spacial score (nSPS) is 37.9. The van der Waals surface area contributed by atoms with Gasteiger partial charge < -0.3 is 15.3 Å². The van der Waals surface area contributed by atoms with Crippen LogP contribution in [-0.4, -0.2) is 33.1 Å². The van der Waals surface area contributed by atoms with Crippen LogP contribution >= 0.6 is 0 Å². The highest BCUT2D eigenvalue weighted by Crippen LogP contribution is 2.59. The lowest BCUT2D eigenvalue weighted by molar-refractivity contribution is 0.0436. The highest BCUT2D eigenvalue weighted by molar-refractivity contribution is 5.29. The molecular weight excluding hydrogens is 384 g/mol. The van der Waals surface area contributed by atoms with Gasteiger partial charge in [-0.3, -0.25) is 0 Å². The molecule has 2 unspecified atom stereocenters. The Morgan fingerprint density at radius 3 is 2.32 bits per heavy atom. The Labute approximate surface area is 189 Å². The largest absolute Gasteiger partial charge is 0.390 e. The van der Waals surface area contributed by atoms with Crippen LogP contribution in [-0.2, 0) is 0 Å². The van der Waals surface area contributed by atoms with Gasteiger partial charge >= 0.3 is 0 Å². The van der Waals surface area contributed by atoms with Crippen molar-refractivity contribution in [3.8, 4) is 0 Å². The van der Waals surface area contributed by atoms with E-state index >= 15 is 0 Å². The lowest BCUT2D eigenvalue weighted by Crippen LogP contribution is -2.35. The summed E-state index contributed by atoms with van der Waals surface area (Å²) in [6.07, 6.45) is 15.1. The minimum absolute atomic E-state index is 0.144. The Morgan fingerprint density at radius 2 is 1.71 bits per heavy atom. The molecule has 3 fully saturated rings. The van der Waals surface area contributed by atoms with Crippen molar-refractivity contribution < 1.29 is 15.3 Å². The highest BCUT2D eigenvalue weighted by Gasteiger charge is 2.50. The molecule has 0 aromatic heterocycles. The van der Waals surface area contributed by atoms with Crippen LogP contribution in [0.15, 0.2) is 47.6 Å². The molecule has 7 atom stereocenters. The zero-order chi connectivity index (χ0) is 23.0. The monoisotopic (exact) mass is 428 g/mol. The van der Waals surface area contributed by atoms with Gasteiger partial charge in [0.15, 0.2) is 0 Å². The minimum Gasteiger partial charge on any atom is -0.390 e. The summed E-state index contributed by atoms with van der Waals surface area (Å²) in [6.45, 7) is 14.5. The van der Waals surface area contributed by atoms with Crippen molar-refractivity contribution in [3.05, 3.63) is 47.6 Å². The first-order valence-corrected chi connectivity index (χ1v) is 12.3. The third kappa shape index (κ3) is 5.26. The highest BCUT2D eigenvalue weighted by atomic mass is 16.3. The van der Waals surface area contributed by atoms with Gasteiger partial charge in [-0.25, -0.2) is 0 Å². The van der Waals surface area contributed by atoms with Gasteiger partial charge in [0.2, 0.25) is 0 Å². The van der Waals surface area contributed by atoms with Gasteiger partial charge in [-0.15, -0.1) is 0 Å². The molecule has 0 heterocycles. The van der Waals surface area contributed by atoms with Gasteiger partial charge in [-0.1, -0.05) is 62.8 Å². The summed E-state index contributed by atoms with van der Waals surface area (Å²) < 4.78 is 0. The zero-order valence-corrected chi connectivity index (χ0v) is 20.3. The quantitative estimate of drug-likeness (QED) is 0.490. The second kappa shape index (κ2) is 9.37. The lowest BCUT2D eigenvalue weighted by atomic mass is 9.61.